The summed E-state index contributed by atoms with van der Waals surface area (Å²) in [5.41, 5.74) is 1.26. The van der Waals surface area contributed by atoms with Gasteiger partial charge >= 0.3 is 0 Å². The summed E-state index contributed by atoms with van der Waals surface area (Å²) < 4.78 is 0. The molecule has 0 amide bonds. The van der Waals surface area contributed by atoms with E-state index in [0.29, 0.717) is 0 Å². The van der Waals surface area contributed by atoms with E-state index in [0.717, 1.165) is 18.8 Å². The van der Waals surface area contributed by atoms with Gasteiger partial charge in [-0.25, -0.2) is 4.98 Å². The van der Waals surface area contributed by atoms with Crippen molar-refractivity contribution in [1.29, 1.82) is 0 Å². The molecule has 64 valence electrons. The number of hydrogen-bond donors (Lipinski definition) is 2. The minimum Gasteiger partial charge on any atom is -0.388 e. The molecule has 2 rings (SSSR count). The minimum atomic E-state index is 0.833. The van der Waals surface area contributed by atoms with Gasteiger partial charge < -0.3 is 5.32 Å². The van der Waals surface area contributed by atoms with E-state index >= 15 is 0 Å². The van der Waals surface area contributed by atoms with E-state index in [1.165, 1.54) is 24.9 Å². The van der Waals surface area contributed by atoms with Crippen LogP contribution in [-0.4, -0.2) is 21.7 Å². The van der Waals surface area contributed by atoms with Crippen molar-refractivity contribution in [3.05, 3.63) is 17.8 Å². The maximum Gasteiger partial charge on any atom is 0.149 e. The lowest BCUT2D eigenvalue weighted by Gasteiger charge is -2.15. The second kappa shape index (κ2) is 3.38. The quantitative estimate of drug-likeness (QED) is 0.649. The van der Waals surface area contributed by atoms with Gasteiger partial charge in [-0.05, 0) is 19.3 Å². The topological polar surface area (TPSA) is 53.6 Å². The van der Waals surface area contributed by atoms with E-state index in [-0.39, 0.29) is 0 Å². The first kappa shape index (κ1) is 7.34. The fourth-order valence-electron chi connectivity index (χ4n) is 1.35. The lowest BCUT2D eigenvalue weighted by atomic mass is 10.1. The first-order chi connectivity index (χ1) is 5.95. The Morgan fingerprint density at radius 3 is 3.08 bits per heavy atom. The monoisotopic (exact) mass is 164 g/mol. The van der Waals surface area contributed by atoms with Crippen LogP contribution in [0.1, 0.15) is 25.1 Å². The molecular weight excluding hydrogens is 152 g/mol. The molecule has 1 saturated heterocycles. The lowest BCUT2D eigenvalue weighted by molar-refractivity contribution is 0.592. The van der Waals surface area contributed by atoms with Gasteiger partial charge in [0.1, 0.15) is 12.2 Å². The summed E-state index contributed by atoms with van der Waals surface area (Å²) >= 11 is 0. The van der Waals surface area contributed by atoms with E-state index in [1.54, 1.807) is 0 Å². The number of piperidine rings is 1. The standard InChI is InChI=1S/C8H12N4/c1-2-4-9-7(3-1)5-8-10-6-11-12-8/h5-6,9H,1-4H2,(H,10,11,12). The fraction of sp³-hybridized carbons (Fsp3) is 0.500. The molecule has 1 aromatic heterocycles. The Kier molecular flexibility index (Phi) is 2.07. The fourth-order valence-corrected chi connectivity index (χ4v) is 1.35. The van der Waals surface area contributed by atoms with Gasteiger partial charge in [0.05, 0.1) is 0 Å². The van der Waals surface area contributed by atoms with Gasteiger partial charge in [0.25, 0.3) is 0 Å². The van der Waals surface area contributed by atoms with Crippen molar-refractivity contribution in [2.75, 3.05) is 6.54 Å². The Hall–Kier alpha value is -1.32. The molecule has 1 aromatic rings. The SMILES string of the molecule is C(=C1CCCCN1)c1ncn[nH]1. The third kappa shape index (κ3) is 1.64. The van der Waals surface area contributed by atoms with Gasteiger partial charge in [0.15, 0.2) is 0 Å². The summed E-state index contributed by atoms with van der Waals surface area (Å²) in [6.45, 7) is 1.08. The minimum absolute atomic E-state index is 0.833. The second-order valence-corrected chi connectivity index (χ2v) is 2.92. The van der Waals surface area contributed by atoms with E-state index in [1.807, 2.05) is 6.08 Å². The molecule has 1 fully saturated rings. The van der Waals surface area contributed by atoms with Gasteiger partial charge in [-0.1, -0.05) is 0 Å². The first-order valence-corrected chi connectivity index (χ1v) is 4.25. The third-order valence-corrected chi connectivity index (χ3v) is 1.97. The highest BCUT2D eigenvalue weighted by atomic mass is 15.2. The van der Waals surface area contributed by atoms with Crippen LogP contribution in [0.4, 0.5) is 0 Å². The molecule has 1 aliphatic rings. The molecule has 0 saturated carbocycles. The Morgan fingerprint density at radius 2 is 2.42 bits per heavy atom. The van der Waals surface area contributed by atoms with Gasteiger partial charge in [-0.2, -0.15) is 5.10 Å². The van der Waals surface area contributed by atoms with Crippen LogP contribution in [0.5, 0.6) is 0 Å². The zero-order chi connectivity index (χ0) is 8.23. The zero-order valence-electron chi connectivity index (χ0n) is 6.88. The van der Waals surface area contributed by atoms with E-state index in [4.69, 9.17) is 0 Å². The highest BCUT2D eigenvalue weighted by Crippen LogP contribution is 2.11. The number of nitrogens with one attached hydrogen (secondary N) is 2. The number of nitrogens with zero attached hydrogens (tertiary/aromatic N) is 2. The molecule has 0 atom stereocenters. The van der Waals surface area contributed by atoms with Crippen LogP contribution in [0.15, 0.2) is 12.0 Å². The maximum atomic E-state index is 4.03. The Morgan fingerprint density at radius 1 is 1.42 bits per heavy atom. The lowest BCUT2D eigenvalue weighted by Crippen LogP contribution is -2.19. The molecular formula is C8H12N4. The summed E-state index contributed by atoms with van der Waals surface area (Å²) in [4.78, 5) is 4.03. The van der Waals surface area contributed by atoms with E-state index < -0.39 is 0 Å². The highest BCUT2D eigenvalue weighted by molar-refractivity contribution is 5.43. The summed E-state index contributed by atoms with van der Waals surface area (Å²) in [7, 11) is 0. The van der Waals surface area contributed by atoms with Crippen LogP contribution < -0.4 is 5.32 Å². The number of aromatic amines is 1. The third-order valence-electron chi connectivity index (χ3n) is 1.97. The zero-order valence-corrected chi connectivity index (χ0v) is 6.88. The van der Waals surface area contributed by atoms with Crippen molar-refractivity contribution in [3.8, 4) is 0 Å². The Labute approximate surface area is 71.1 Å². The predicted molar refractivity (Wildman–Crippen MR) is 46.2 cm³/mol. The largest absolute Gasteiger partial charge is 0.388 e. The predicted octanol–water partition coefficient (Wildman–Crippen LogP) is 0.919. The molecule has 1 aliphatic heterocycles. The average molecular weight is 164 g/mol. The van der Waals surface area contributed by atoms with Gasteiger partial charge in [-0.15, -0.1) is 0 Å². The number of H-pyrrole nitrogens is 1. The smallest absolute Gasteiger partial charge is 0.149 e. The molecule has 0 unspecified atom stereocenters. The average Bonchev–Trinajstić information content (AvgIpc) is 2.59. The molecule has 2 heterocycles. The van der Waals surface area contributed by atoms with Crippen molar-refractivity contribution < 1.29 is 0 Å². The maximum absolute atomic E-state index is 4.03. The Balaban J connectivity index is 2.07. The van der Waals surface area contributed by atoms with Crippen molar-refractivity contribution in [3.63, 3.8) is 0 Å². The van der Waals surface area contributed by atoms with Crippen LogP contribution in [0.3, 0.4) is 0 Å². The molecule has 2 N–H and O–H groups in total. The van der Waals surface area contributed by atoms with E-state index in [2.05, 4.69) is 20.5 Å². The van der Waals surface area contributed by atoms with Crippen molar-refractivity contribution in [2.24, 2.45) is 0 Å². The van der Waals surface area contributed by atoms with Gasteiger partial charge in [-0.3, -0.25) is 5.10 Å². The molecule has 4 heteroatoms. The molecule has 0 aliphatic carbocycles. The number of rotatable bonds is 1. The molecule has 0 spiro atoms. The molecule has 4 nitrogen and oxygen atoms in total. The number of aromatic nitrogens is 3. The second-order valence-electron chi connectivity index (χ2n) is 2.92. The normalized spacial score (nSPS) is 20.8. The summed E-state index contributed by atoms with van der Waals surface area (Å²) in [6, 6.07) is 0. The van der Waals surface area contributed by atoms with Crippen LogP contribution in [0.2, 0.25) is 0 Å². The number of hydrogen-bond acceptors (Lipinski definition) is 3. The van der Waals surface area contributed by atoms with Crippen LogP contribution in [-0.2, 0) is 0 Å². The Bertz CT molecular complexity index is 255. The summed E-state index contributed by atoms with van der Waals surface area (Å²) in [5, 5.41) is 9.92. The summed E-state index contributed by atoms with van der Waals surface area (Å²) in [6.07, 6.45) is 7.21. The van der Waals surface area contributed by atoms with E-state index in [9.17, 15) is 0 Å². The van der Waals surface area contributed by atoms with Crippen molar-refractivity contribution >= 4 is 6.08 Å². The number of allylic oxidation sites excluding steroid dienone is 1. The summed E-state index contributed by atoms with van der Waals surface area (Å²) in [5.74, 6) is 0.833. The first-order valence-electron chi connectivity index (χ1n) is 4.25. The van der Waals surface area contributed by atoms with Crippen molar-refractivity contribution in [2.45, 2.75) is 19.3 Å². The van der Waals surface area contributed by atoms with Gasteiger partial charge in [0, 0.05) is 18.3 Å². The van der Waals surface area contributed by atoms with Crippen LogP contribution in [0, 0.1) is 0 Å². The molecule has 12 heavy (non-hydrogen) atoms. The van der Waals surface area contributed by atoms with Gasteiger partial charge in [0.2, 0.25) is 0 Å². The molecule has 0 radical (unpaired) electrons. The molecule has 0 bridgehead atoms. The van der Waals surface area contributed by atoms with Crippen LogP contribution in [0.25, 0.3) is 6.08 Å². The highest BCUT2D eigenvalue weighted by Gasteiger charge is 2.03. The molecule has 0 aromatic carbocycles. The van der Waals surface area contributed by atoms with Crippen LogP contribution >= 0.6 is 0 Å². The van der Waals surface area contributed by atoms with Crippen molar-refractivity contribution in [1.82, 2.24) is 20.5 Å².